The molecule has 2 aromatic carbocycles. The van der Waals surface area contributed by atoms with Gasteiger partial charge in [0.15, 0.2) is 0 Å². The number of carbonyl (C=O) groups is 1. The summed E-state index contributed by atoms with van der Waals surface area (Å²) in [6.07, 6.45) is 2.33. The van der Waals surface area contributed by atoms with E-state index >= 15 is 0 Å². The van der Waals surface area contributed by atoms with Crippen LogP contribution in [0.1, 0.15) is 30.4 Å². The van der Waals surface area contributed by atoms with Crippen LogP contribution in [0.5, 0.6) is 5.75 Å². The van der Waals surface area contributed by atoms with E-state index in [0.717, 1.165) is 18.4 Å². The molecule has 6 nitrogen and oxygen atoms in total. The summed E-state index contributed by atoms with van der Waals surface area (Å²) in [6.45, 7) is 2.97. The second kappa shape index (κ2) is 9.15. The van der Waals surface area contributed by atoms with E-state index < -0.39 is 10.0 Å². The van der Waals surface area contributed by atoms with Crippen molar-refractivity contribution in [3.63, 3.8) is 0 Å². The first-order chi connectivity index (χ1) is 13.8. The zero-order chi connectivity index (χ0) is 21.0. The van der Waals surface area contributed by atoms with E-state index in [1.165, 1.54) is 11.4 Å². The quantitative estimate of drug-likeness (QED) is 0.711. The molecule has 0 saturated carbocycles. The third-order valence-electron chi connectivity index (χ3n) is 5.04. The standard InChI is InChI=1S/C21H25ClN2O4S/c1-15-13-17(22)6-8-19(15)23-21(25)10-5-16-14-18(7-9-20(16)28-2)29(26,27)24-11-3-4-12-24/h6-9,13-14H,3-5,10-12H2,1-2H3,(H,23,25). The van der Waals surface area contributed by atoms with Crippen molar-refractivity contribution >= 4 is 33.2 Å². The van der Waals surface area contributed by atoms with Gasteiger partial charge in [0.2, 0.25) is 15.9 Å². The summed E-state index contributed by atoms with van der Waals surface area (Å²) in [5.41, 5.74) is 2.27. The number of amides is 1. The summed E-state index contributed by atoms with van der Waals surface area (Å²) in [6, 6.07) is 10.1. The van der Waals surface area contributed by atoms with Crippen LogP contribution in [0.15, 0.2) is 41.3 Å². The highest BCUT2D eigenvalue weighted by Gasteiger charge is 2.27. The average Bonchev–Trinajstić information content (AvgIpc) is 3.24. The number of anilines is 1. The number of hydrogen-bond donors (Lipinski definition) is 1. The molecule has 1 heterocycles. The predicted octanol–water partition coefficient (Wildman–Crippen LogP) is 4.01. The lowest BCUT2D eigenvalue weighted by Gasteiger charge is -2.17. The molecule has 1 N–H and O–H groups in total. The minimum Gasteiger partial charge on any atom is -0.496 e. The molecule has 1 aliphatic rings. The Morgan fingerprint density at radius 1 is 1.17 bits per heavy atom. The highest BCUT2D eigenvalue weighted by atomic mass is 35.5. The Kier molecular flexibility index (Phi) is 6.82. The Balaban J connectivity index is 1.73. The molecule has 1 amide bonds. The molecule has 0 atom stereocenters. The normalized spacial score (nSPS) is 14.7. The lowest BCUT2D eigenvalue weighted by Crippen LogP contribution is -2.28. The fourth-order valence-corrected chi connectivity index (χ4v) is 5.21. The predicted molar refractivity (Wildman–Crippen MR) is 114 cm³/mol. The van der Waals surface area contributed by atoms with Crippen molar-refractivity contribution < 1.29 is 17.9 Å². The first-order valence-electron chi connectivity index (χ1n) is 9.54. The smallest absolute Gasteiger partial charge is 0.243 e. The van der Waals surface area contributed by atoms with Crippen LogP contribution in [-0.2, 0) is 21.2 Å². The highest BCUT2D eigenvalue weighted by molar-refractivity contribution is 7.89. The van der Waals surface area contributed by atoms with Gasteiger partial charge in [-0.2, -0.15) is 4.31 Å². The van der Waals surface area contributed by atoms with Crippen LogP contribution in [0.25, 0.3) is 0 Å². The van der Waals surface area contributed by atoms with Crippen molar-refractivity contribution in [1.29, 1.82) is 0 Å². The minimum absolute atomic E-state index is 0.162. The van der Waals surface area contributed by atoms with Gasteiger partial charge in [-0.25, -0.2) is 8.42 Å². The van der Waals surface area contributed by atoms with Crippen LogP contribution in [0, 0.1) is 6.92 Å². The maximum absolute atomic E-state index is 12.8. The summed E-state index contributed by atoms with van der Waals surface area (Å²) < 4.78 is 32.5. The lowest BCUT2D eigenvalue weighted by molar-refractivity contribution is -0.116. The number of ether oxygens (including phenoxy) is 1. The monoisotopic (exact) mass is 436 g/mol. The van der Waals surface area contributed by atoms with Gasteiger partial charge < -0.3 is 10.1 Å². The first kappa shape index (κ1) is 21.6. The maximum Gasteiger partial charge on any atom is 0.243 e. The second-order valence-corrected chi connectivity index (χ2v) is 9.47. The van der Waals surface area contributed by atoms with Gasteiger partial charge >= 0.3 is 0 Å². The molecule has 0 spiro atoms. The molecule has 0 aliphatic carbocycles. The van der Waals surface area contributed by atoms with Crippen molar-refractivity contribution in [1.82, 2.24) is 4.31 Å². The average molecular weight is 437 g/mol. The number of methoxy groups -OCH3 is 1. The molecule has 156 valence electrons. The summed E-state index contributed by atoms with van der Waals surface area (Å²) >= 11 is 5.95. The summed E-state index contributed by atoms with van der Waals surface area (Å²) in [7, 11) is -1.99. The lowest BCUT2D eigenvalue weighted by atomic mass is 10.1. The number of carbonyl (C=O) groups excluding carboxylic acids is 1. The van der Waals surface area contributed by atoms with Gasteiger partial charge in [-0.05, 0) is 73.7 Å². The molecule has 29 heavy (non-hydrogen) atoms. The molecule has 1 saturated heterocycles. The molecule has 0 unspecified atom stereocenters. The largest absolute Gasteiger partial charge is 0.496 e. The van der Waals surface area contributed by atoms with Crippen LogP contribution < -0.4 is 10.1 Å². The van der Waals surface area contributed by atoms with E-state index in [9.17, 15) is 13.2 Å². The van der Waals surface area contributed by atoms with Crippen molar-refractivity contribution in [2.45, 2.75) is 37.5 Å². The first-order valence-corrected chi connectivity index (χ1v) is 11.4. The van der Waals surface area contributed by atoms with Crippen LogP contribution in [-0.4, -0.2) is 38.8 Å². The number of nitrogens with zero attached hydrogens (tertiary/aromatic N) is 1. The van der Waals surface area contributed by atoms with E-state index in [0.29, 0.717) is 41.5 Å². The number of hydrogen-bond acceptors (Lipinski definition) is 4. The number of benzene rings is 2. The zero-order valence-electron chi connectivity index (χ0n) is 16.6. The Hall–Kier alpha value is -2.09. The third kappa shape index (κ3) is 5.10. The molecular weight excluding hydrogens is 412 g/mol. The molecule has 8 heteroatoms. The van der Waals surface area contributed by atoms with Gasteiger partial charge in [-0.15, -0.1) is 0 Å². The molecule has 0 bridgehead atoms. The van der Waals surface area contributed by atoms with Crippen molar-refractivity contribution in [2.75, 3.05) is 25.5 Å². The summed E-state index contributed by atoms with van der Waals surface area (Å²) in [5, 5.41) is 3.48. The zero-order valence-corrected chi connectivity index (χ0v) is 18.1. The van der Waals surface area contributed by atoms with E-state index in [2.05, 4.69) is 5.32 Å². The molecular formula is C21H25ClN2O4S. The Bertz CT molecular complexity index is 1000. The molecule has 1 fully saturated rings. The fraction of sp³-hybridized carbons (Fsp3) is 0.381. The molecule has 3 rings (SSSR count). The number of nitrogens with one attached hydrogen (secondary N) is 1. The van der Waals surface area contributed by atoms with E-state index in [1.807, 2.05) is 6.92 Å². The van der Waals surface area contributed by atoms with Gasteiger partial charge in [0.25, 0.3) is 0 Å². The number of sulfonamides is 1. The van der Waals surface area contributed by atoms with Crippen molar-refractivity contribution in [2.24, 2.45) is 0 Å². The van der Waals surface area contributed by atoms with E-state index in [-0.39, 0.29) is 17.2 Å². The summed E-state index contributed by atoms with van der Waals surface area (Å²) in [4.78, 5) is 12.6. The second-order valence-electron chi connectivity index (χ2n) is 7.09. The topological polar surface area (TPSA) is 75.7 Å². The molecule has 2 aromatic rings. The van der Waals surface area contributed by atoms with Crippen LogP contribution in [0.3, 0.4) is 0 Å². The van der Waals surface area contributed by atoms with E-state index in [4.69, 9.17) is 16.3 Å². The Morgan fingerprint density at radius 3 is 2.55 bits per heavy atom. The number of rotatable bonds is 7. The SMILES string of the molecule is COc1ccc(S(=O)(=O)N2CCCC2)cc1CCC(=O)Nc1ccc(Cl)cc1C. The number of aryl methyl sites for hydroxylation is 2. The van der Waals surface area contributed by atoms with Crippen LogP contribution >= 0.6 is 11.6 Å². The number of halogens is 1. The Morgan fingerprint density at radius 2 is 1.90 bits per heavy atom. The van der Waals surface area contributed by atoms with Crippen molar-refractivity contribution in [3.05, 3.63) is 52.5 Å². The van der Waals surface area contributed by atoms with Crippen LogP contribution in [0.2, 0.25) is 5.02 Å². The van der Waals surface area contributed by atoms with Gasteiger partial charge in [-0.1, -0.05) is 11.6 Å². The van der Waals surface area contributed by atoms with Gasteiger partial charge in [0.1, 0.15) is 5.75 Å². The maximum atomic E-state index is 12.8. The molecule has 1 aliphatic heterocycles. The van der Waals surface area contributed by atoms with E-state index in [1.54, 1.807) is 36.4 Å². The third-order valence-corrected chi connectivity index (χ3v) is 7.17. The van der Waals surface area contributed by atoms with Gasteiger partial charge in [-0.3, -0.25) is 4.79 Å². The van der Waals surface area contributed by atoms with Gasteiger partial charge in [0.05, 0.1) is 12.0 Å². The minimum atomic E-state index is -3.52. The molecule has 0 aromatic heterocycles. The van der Waals surface area contributed by atoms with Gasteiger partial charge in [0, 0.05) is 30.2 Å². The van der Waals surface area contributed by atoms with Crippen LogP contribution in [0.4, 0.5) is 5.69 Å². The Labute approximate surface area is 176 Å². The molecule has 0 radical (unpaired) electrons. The highest BCUT2D eigenvalue weighted by Crippen LogP contribution is 2.27. The van der Waals surface area contributed by atoms with Crippen molar-refractivity contribution in [3.8, 4) is 5.75 Å². The summed E-state index contributed by atoms with van der Waals surface area (Å²) in [5.74, 6) is 0.408. The fourth-order valence-electron chi connectivity index (χ4n) is 3.42.